The molecule has 0 saturated heterocycles. The number of rotatable bonds is 6. The quantitative estimate of drug-likeness (QED) is 0.506. The summed E-state index contributed by atoms with van der Waals surface area (Å²) in [5, 5.41) is 3.22. The molecule has 0 spiro atoms. The van der Waals surface area contributed by atoms with Gasteiger partial charge in [0.1, 0.15) is 23.3 Å². The largest absolute Gasteiger partial charge is 0.497 e. The number of nitrogens with one attached hydrogen (secondary N) is 1. The van der Waals surface area contributed by atoms with Gasteiger partial charge in [-0.15, -0.1) is 0 Å². The number of amides is 1. The molecule has 1 aromatic carbocycles. The molecule has 0 saturated carbocycles. The number of carbonyl (C=O) groups is 1. The normalized spacial score (nSPS) is 10.8. The van der Waals surface area contributed by atoms with Crippen molar-refractivity contribution in [3.8, 4) is 17.0 Å². The van der Waals surface area contributed by atoms with Crippen molar-refractivity contribution in [2.75, 3.05) is 7.11 Å². The van der Waals surface area contributed by atoms with Gasteiger partial charge in [-0.1, -0.05) is 0 Å². The Morgan fingerprint density at radius 2 is 1.91 bits per heavy atom. The van der Waals surface area contributed by atoms with E-state index >= 15 is 0 Å². The predicted molar refractivity (Wildman–Crippen MR) is 122 cm³/mol. The van der Waals surface area contributed by atoms with Crippen LogP contribution in [0, 0.1) is 6.92 Å². The summed E-state index contributed by atoms with van der Waals surface area (Å²) in [6, 6.07) is 12.8. The Labute approximate surface area is 184 Å². The van der Waals surface area contributed by atoms with Gasteiger partial charge in [0.15, 0.2) is 0 Å². The van der Waals surface area contributed by atoms with Gasteiger partial charge in [-0.2, -0.15) is 0 Å². The fourth-order valence-corrected chi connectivity index (χ4v) is 3.44. The van der Waals surface area contributed by atoms with Crippen LogP contribution in [-0.2, 0) is 13.1 Å². The first kappa shape index (κ1) is 21.2. The van der Waals surface area contributed by atoms with Crippen molar-refractivity contribution in [3.05, 3.63) is 82.2 Å². The van der Waals surface area contributed by atoms with Gasteiger partial charge in [0.05, 0.1) is 30.4 Å². The van der Waals surface area contributed by atoms with Crippen molar-refractivity contribution in [1.82, 2.24) is 24.8 Å². The minimum absolute atomic E-state index is 0.0782. The van der Waals surface area contributed by atoms with E-state index in [0.29, 0.717) is 23.3 Å². The zero-order valence-electron chi connectivity index (χ0n) is 18.1. The number of ether oxygens (including phenoxy) is 1. The number of benzene rings is 1. The highest BCUT2D eigenvalue weighted by Crippen LogP contribution is 2.20. The summed E-state index contributed by atoms with van der Waals surface area (Å²) in [5.41, 5.74) is 3.40. The van der Waals surface area contributed by atoms with Gasteiger partial charge in [0.25, 0.3) is 5.91 Å². The summed E-state index contributed by atoms with van der Waals surface area (Å²) in [4.78, 5) is 38.7. The molecule has 0 radical (unpaired) electrons. The number of methoxy groups -OCH3 is 1. The van der Waals surface area contributed by atoms with E-state index in [1.165, 1.54) is 6.33 Å². The van der Waals surface area contributed by atoms with Crippen LogP contribution in [0.1, 0.15) is 28.7 Å². The van der Waals surface area contributed by atoms with Crippen molar-refractivity contribution < 1.29 is 9.53 Å². The first-order valence-corrected chi connectivity index (χ1v) is 10.2. The maximum Gasteiger partial charge on any atom is 0.257 e. The molecule has 0 atom stereocenters. The van der Waals surface area contributed by atoms with Crippen LogP contribution >= 0.6 is 0 Å². The summed E-state index contributed by atoms with van der Waals surface area (Å²) in [7, 11) is 1.61. The maximum absolute atomic E-state index is 12.9. The van der Waals surface area contributed by atoms with Crippen molar-refractivity contribution >= 4 is 16.9 Å². The molecule has 3 heterocycles. The minimum atomic E-state index is -0.454. The number of pyridine rings is 2. The van der Waals surface area contributed by atoms with Crippen molar-refractivity contribution in [3.63, 3.8) is 0 Å². The molecule has 4 aromatic rings. The summed E-state index contributed by atoms with van der Waals surface area (Å²) in [6.45, 7) is 4.56. The molecule has 8 nitrogen and oxygen atoms in total. The van der Waals surface area contributed by atoms with E-state index in [2.05, 4.69) is 20.3 Å². The molecule has 0 fully saturated rings. The second-order valence-corrected chi connectivity index (χ2v) is 7.29. The summed E-state index contributed by atoms with van der Waals surface area (Å²) in [5.74, 6) is 0.304. The number of aromatic nitrogens is 4. The van der Waals surface area contributed by atoms with Crippen LogP contribution in [0.15, 0.2) is 59.8 Å². The Bertz CT molecular complexity index is 1350. The maximum atomic E-state index is 12.9. The van der Waals surface area contributed by atoms with Crippen LogP contribution in [0.3, 0.4) is 0 Å². The van der Waals surface area contributed by atoms with E-state index in [9.17, 15) is 9.59 Å². The first-order valence-electron chi connectivity index (χ1n) is 10.2. The predicted octanol–water partition coefficient (Wildman–Crippen LogP) is 3.12. The van der Waals surface area contributed by atoms with Gasteiger partial charge in [0, 0.05) is 24.0 Å². The third-order valence-corrected chi connectivity index (χ3v) is 5.19. The second kappa shape index (κ2) is 8.97. The topological polar surface area (TPSA) is 99.0 Å². The SMILES string of the molecule is CCn1cc(C(=O)NCc2cc(-c3ccc(OC)cc3)ncn2)c(=O)c2ccc(C)nc21. The van der Waals surface area contributed by atoms with Crippen LogP contribution in [-0.4, -0.2) is 32.5 Å². The number of hydrogen-bond donors (Lipinski definition) is 1. The highest BCUT2D eigenvalue weighted by atomic mass is 16.5. The Kier molecular flexibility index (Phi) is 5.93. The number of hydrogen-bond acceptors (Lipinski definition) is 6. The van der Waals surface area contributed by atoms with Crippen molar-refractivity contribution in [1.29, 1.82) is 0 Å². The lowest BCUT2D eigenvalue weighted by atomic mass is 10.1. The molecule has 1 amide bonds. The Balaban J connectivity index is 1.56. The fourth-order valence-electron chi connectivity index (χ4n) is 3.44. The summed E-state index contributed by atoms with van der Waals surface area (Å²) in [6.07, 6.45) is 3.02. The smallest absolute Gasteiger partial charge is 0.257 e. The lowest BCUT2D eigenvalue weighted by molar-refractivity contribution is 0.0948. The Morgan fingerprint density at radius 1 is 1.12 bits per heavy atom. The lowest BCUT2D eigenvalue weighted by Crippen LogP contribution is -2.30. The average molecular weight is 429 g/mol. The molecular formula is C24H23N5O3. The van der Waals surface area contributed by atoms with E-state index < -0.39 is 5.91 Å². The average Bonchev–Trinajstić information content (AvgIpc) is 2.83. The van der Waals surface area contributed by atoms with Crippen LogP contribution in [0.25, 0.3) is 22.3 Å². The number of fused-ring (bicyclic) bond motifs is 1. The zero-order chi connectivity index (χ0) is 22.7. The molecule has 3 aromatic heterocycles. The number of aryl methyl sites for hydroxylation is 2. The van der Waals surface area contributed by atoms with Gasteiger partial charge in [-0.05, 0) is 56.3 Å². The highest BCUT2D eigenvalue weighted by Gasteiger charge is 2.16. The second-order valence-electron chi connectivity index (χ2n) is 7.29. The number of carbonyl (C=O) groups excluding carboxylic acids is 1. The van der Waals surface area contributed by atoms with Crippen molar-refractivity contribution in [2.45, 2.75) is 26.9 Å². The van der Waals surface area contributed by atoms with Gasteiger partial charge in [-0.25, -0.2) is 15.0 Å². The first-order chi connectivity index (χ1) is 15.5. The van der Waals surface area contributed by atoms with Gasteiger partial charge in [0.2, 0.25) is 5.43 Å². The molecular weight excluding hydrogens is 406 g/mol. The standard InChI is InChI=1S/C24H23N5O3/c1-4-29-13-20(22(30)19-10-5-15(2)28-23(19)29)24(31)25-12-17-11-21(27-14-26-17)16-6-8-18(32-3)9-7-16/h5-11,13-14H,4,12H2,1-3H3,(H,25,31). The molecule has 4 rings (SSSR count). The molecule has 0 unspecified atom stereocenters. The molecule has 162 valence electrons. The van der Waals surface area contributed by atoms with E-state index in [1.807, 2.05) is 42.7 Å². The van der Waals surface area contributed by atoms with Gasteiger partial charge < -0.3 is 14.6 Å². The van der Waals surface area contributed by atoms with E-state index in [4.69, 9.17) is 4.74 Å². The molecule has 32 heavy (non-hydrogen) atoms. The lowest BCUT2D eigenvalue weighted by Gasteiger charge is -2.11. The van der Waals surface area contributed by atoms with Gasteiger partial charge >= 0.3 is 0 Å². The minimum Gasteiger partial charge on any atom is -0.497 e. The molecule has 8 heteroatoms. The van der Waals surface area contributed by atoms with E-state index in [1.54, 1.807) is 31.5 Å². The van der Waals surface area contributed by atoms with E-state index in [0.717, 1.165) is 22.7 Å². The van der Waals surface area contributed by atoms with E-state index in [-0.39, 0.29) is 17.5 Å². The zero-order valence-corrected chi connectivity index (χ0v) is 18.1. The van der Waals surface area contributed by atoms with Crippen LogP contribution in [0.5, 0.6) is 5.75 Å². The monoisotopic (exact) mass is 429 g/mol. The highest BCUT2D eigenvalue weighted by molar-refractivity contribution is 5.96. The van der Waals surface area contributed by atoms with Crippen molar-refractivity contribution in [2.24, 2.45) is 0 Å². The van der Waals surface area contributed by atoms with Gasteiger partial charge in [-0.3, -0.25) is 9.59 Å². The molecule has 0 aliphatic rings. The molecule has 0 bridgehead atoms. The van der Waals surface area contributed by atoms with Crippen LogP contribution in [0.4, 0.5) is 0 Å². The molecule has 0 aliphatic heterocycles. The summed E-state index contributed by atoms with van der Waals surface area (Å²) >= 11 is 0. The van der Waals surface area contributed by atoms with Crippen LogP contribution in [0.2, 0.25) is 0 Å². The third-order valence-electron chi connectivity index (χ3n) is 5.19. The Hall–Kier alpha value is -4.07. The Morgan fingerprint density at radius 3 is 2.62 bits per heavy atom. The number of nitrogens with zero attached hydrogens (tertiary/aromatic N) is 4. The third kappa shape index (κ3) is 4.20. The fraction of sp³-hybridized carbons (Fsp3) is 0.208. The molecule has 0 aliphatic carbocycles. The summed E-state index contributed by atoms with van der Waals surface area (Å²) < 4.78 is 6.99. The molecule has 1 N–H and O–H groups in total. The van der Waals surface area contributed by atoms with Crippen LogP contribution < -0.4 is 15.5 Å².